The topological polar surface area (TPSA) is 68.5 Å². The third-order valence-corrected chi connectivity index (χ3v) is 3.90. The number of imidazole rings is 1. The molecule has 2 heterocycles. The highest BCUT2D eigenvalue weighted by Crippen LogP contribution is 2.22. The predicted molar refractivity (Wildman–Crippen MR) is 97.1 cm³/mol. The van der Waals surface area contributed by atoms with Crippen molar-refractivity contribution < 1.29 is 9.53 Å². The van der Waals surface area contributed by atoms with Crippen LogP contribution in [0.25, 0.3) is 16.9 Å². The Hall–Kier alpha value is -2.73. The van der Waals surface area contributed by atoms with Crippen LogP contribution in [0, 0.1) is 0 Å². The molecule has 6 heteroatoms. The zero-order chi connectivity index (χ0) is 17.6. The number of carbonyl (C=O) groups is 1. The van der Waals surface area contributed by atoms with Gasteiger partial charge in [-0.2, -0.15) is 0 Å². The molecule has 130 valence electrons. The average Bonchev–Trinajstić information content (AvgIpc) is 3.05. The highest BCUT2D eigenvalue weighted by Gasteiger charge is 2.10. The van der Waals surface area contributed by atoms with Crippen LogP contribution in [0.2, 0.25) is 0 Å². The number of Topliss-reactive ketones (excluding diaryl/α,β-unsaturated/α-hetero) is 1. The van der Waals surface area contributed by atoms with Gasteiger partial charge < -0.3 is 10.1 Å². The van der Waals surface area contributed by atoms with Gasteiger partial charge in [0.2, 0.25) is 5.88 Å². The Morgan fingerprint density at radius 1 is 1.28 bits per heavy atom. The van der Waals surface area contributed by atoms with E-state index < -0.39 is 0 Å². The molecule has 3 aromatic rings. The van der Waals surface area contributed by atoms with Crippen molar-refractivity contribution in [1.29, 1.82) is 0 Å². The first-order valence-electron chi connectivity index (χ1n) is 8.48. The number of nitrogens with zero attached hydrogens (tertiary/aromatic N) is 3. The van der Waals surface area contributed by atoms with Gasteiger partial charge in [-0.1, -0.05) is 25.1 Å². The van der Waals surface area contributed by atoms with E-state index in [1.54, 1.807) is 23.7 Å². The molecule has 0 radical (unpaired) electrons. The summed E-state index contributed by atoms with van der Waals surface area (Å²) in [4.78, 5) is 16.0. The molecule has 0 saturated carbocycles. The van der Waals surface area contributed by atoms with Crippen LogP contribution >= 0.6 is 0 Å². The number of aromatic nitrogens is 3. The molecule has 0 unspecified atom stereocenters. The number of rotatable bonds is 8. The third kappa shape index (κ3) is 4.03. The van der Waals surface area contributed by atoms with Crippen LogP contribution in [0.4, 0.5) is 0 Å². The van der Waals surface area contributed by atoms with Crippen LogP contribution in [0.5, 0.6) is 5.88 Å². The normalized spacial score (nSPS) is 11.0. The van der Waals surface area contributed by atoms with Crippen molar-refractivity contribution in [2.24, 2.45) is 0 Å². The molecule has 1 aromatic carbocycles. The summed E-state index contributed by atoms with van der Waals surface area (Å²) in [5.74, 6) is 0.597. The van der Waals surface area contributed by atoms with Crippen molar-refractivity contribution in [3.8, 4) is 17.1 Å². The Kier molecular flexibility index (Phi) is 5.40. The maximum atomic E-state index is 11.6. The number of ketones is 1. The van der Waals surface area contributed by atoms with Gasteiger partial charge in [-0.15, -0.1) is 5.10 Å². The summed E-state index contributed by atoms with van der Waals surface area (Å²) in [5.41, 5.74) is 3.14. The smallest absolute Gasteiger partial charge is 0.231 e. The van der Waals surface area contributed by atoms with Crippen molar-refractivity contribution in [1.82, 2.24) is 19.9 Å². The molecule has 3 rings (SSSR count). The first-order valence-corrected chi connectivity index (χ1v) is 8.48. The van der Waals surface area contributed by atoms with Gasteiger partial charge >= 0.3 is 0 Å². The molecule has 6 nitrogen and oxygen atoms in total. The lowest BCUT2D eigenvalue weighted by molar-refractivity contribution is 0.101. The first-order chi connectivity index (χ1) is 12.2. The second kappa shape index (κ2) is 7.90. The van der Waals surface area contributed by atoms with Crippen LogP contribution in [0.15, 0.2) is 42.6 Å². The fraction of sp³-hybridized carbons (Fsp3) is 0.316. The van der Waals surface area contributed by atoms with Crippen LogP contribution in [0.3, 0.4) is 0 Å². The van der Waals surface area contributed by atoms with Gasteiger partial charge in [-0.05, 0) is 38.6 Å². The Morgan fingerprint density at radius 3 is 2.96 bits per heavy atom. The van der Waals surface area contributed by atoms with E-state index in [9.17, 15) is 4.79 Å². The van der Waals surface area contributed by atoms with E-state index in [4.69, 9.17) is 4.74 Å². The zero-order valence-electron chi connectivity index (χ0n) is 14.5. The molecule has 0 bridgehead atoms. The monoisotopic (exact) mass is 338 g/mol. The van der Waals surface area contributed by atoms with Crippen molar-refractivity contribution in [3.05, 3.63) is 48.2 Å². The van der Waals surface area contributed by atoms with Crippen molar-refractivity contribution in [3.63, 3.8) is 0 Å². The molecule has 0 fully saturated rings. The van der Waals surface area contributed by atoms with Gasteiger partial charge in [0, 0.05) is 17.2 Å². The molecule has 0 spiro atoms. The summed E-state index contributed by atoms with van der Waals surface area (Å²) < 4.78 is 7.48. The number of fused-ring (bicyclic) bond motifs is 1. The lowest BCUT2D eigenvalue weighted by Crippen LogP contribution is -2.16. The van der Waals surface area contributed by atoms with Crippen LogP contribution in [0.1, 0.15) is 30.6 Å². The van der Waals surface area contributed by atoms with Crippen LogP contribution < -0.4 is 10.1 Å². The minimum atomic E-state index is 0.0355. The van der Waals surface area contributed by atoms with Gasteiger partial charge in [-0.3, -0.25) is 4.79 Å². The van der Waals surface area contributed by atoms with E-state index in [1.807, 2.05) is 30.3 Å². The number of ether oxygens (including phenoxy) is 1. The largest absolute Gasteiger partial charge is 0.477 e. The van der Waals surface area contributed by atoms with E-state index in [2.05, 4.69) is 22.3 Å². The molecule has 0 amide bonds. The lowest BCUT2D eigenvalue weighted by Gasteiger charge is -2.07. The summed E-state index contributed by atoms with van der Waals surface area (Å²) in [6.07, 6.45) is 2.68. The summed E-state index contributed by atoms with van der Waals surface area (Å²) in [6, 6.07) is 11.2. The number of hydrogen-bond acceptors (Lipinski definition) is 5. The van der Waals surface area contributed by atoms with Crippen molar-refractivity contribution in [2.75, 3.05) is 19.7 Å². The Morgan fingerprint density at radius 2 is 2.16 bits per heavy atom. The van der Waals surface area contributed by atoms with Gasteiger partial charge in [0.25, 0.3) is 0 Å². The van der Waals surface area contributed by atoms with Crippen LogP contribution in [-0.2, 0) is 0 Å². The van der Waals surface area contributed by atoms with Crippen LogP contribution in [-0.4, -0.2) is 40.1 Å². The van der Waals surface area contributed by atoms with Gasteiger partial charge in [0.05, 0.1) is 18.5 Å². The fourth-order valence-electron chi connectivity index (χ4n) is 2.58. The summed E-state index contributed by atoms with van der Waals surface area (Å²) >= 11 is 0. The quantitative estimate of drug-likeness (QED) is 0.505. The first kappa shape index (κ1) is 17.1. The second-order valence-electron chi connectivity index (χ2n) is 5.78. The summed E-state index contributed by atoms with van der Waals surface area (Å²) in [6.45, 7) is 6.13. The number of hydrogen-bond donors (Lipinski definition) is 1. The van der Waals surface area contributed by atoms with Gasteiger partial charge in [-0.25, -0.2) is 9.50 Å². The standard InChI is InChI=1S/C19H22N4O2/c1-3-20-10-5-11-25-19-9-8-18-21-13-17(23(18)22-19)16-7-4-6-15(12-16)14(2)24/h4,6-9,12-13,20H,3,5,10-11H2,1-2H3. The lowest BCUT2D eigenvalue weighted by atomic mass is 10.1. The van der Waals surface area contributed by atoms with Gasteiger partial charge in [0.15, 0.2) is 11.4 Å². The third-order valence-electron chi connectivity index (χ3n) is 3.90. The number of benzene rings is 1. The Labute approximate surface area is 146 Å². The number of nitrogens with one attached hydrogen (secondary N) is 1. The summed E-state index contributed by atoms with van der Waals surface area (Å²) in [7, 11) is 0. The minimum absolute atomic E-state index is 0.0355. The molecular weight excluding hydrogens is 316 g/mol. The fourth-order valence-corrected chi connectivity index (χ4v) is 2.58. The Bertz CT molecular complexity index is 873. The van der Waals surface area contributed by atoms with Crippen molar-refractivity contribution in [2.45, 2.75) is 20.3 Å². The minimum Gasteiger partial charge on any atom is -0.477 e. The van der Waals surface area contributed by atoms with Gasteiger partial charge in [0.1, 0.15) is 0 Å². The van der Waals surface area contributed by atoms with Crippen molar-refractivity contribution >= 4 is 11.4 Å². The number of carbonyl (C=O) groups excluding carboxylic acids is 1. The maximum Gasteiger partial charge on any atom is 0.231 e. The SMILES string of the molecule is CCNCCCOc1ccc2ncc(-c3cccc(C(C)=O)c3)n2n1. The second-order valence-corrected chi connectivity index (χ2v) is 5.78. The average molecular weight is 338 g/mol. The molecule has 0 aliphatic heterocycles. The van der Waals surface area contributed by atoms with E-state index in [0.717, 1.165) is 36.4 Å². The summed E-state index contributed by atoms with van der Waals surface area (Å²) in [5, 5.41) is 7.79. The maximum absolute atomic E-state index is 11.6. The van der Waals surface area contributed by atoms with E-state index in [0.29, 0.717) is 18.1 Å². The molecule has 1 N–H and O–H groups in total. The Balaban J connectivity index is 1.83. The zero-order valence-corrected chi connectivity index (χ0v) is 14.5. The highest BCUT2D eigenvalue weighted by atomic mass is 16.5. The molecule has 0 saturated heterocycles. The molecule has 0 atom stereocenters. The van der Waals surface area contributed by atoms with E-state index in [-0.39, 0.29) is 5.78 Å². The highest BCUT2D eigenvalue weighted by molar-refractivity contribution is 5.95. The molecule has 25 heavy (non-hydrogen) atoms. The van der Waals surface area contributed by atoms with E-state index >= 15 is 0 Å². The predicted octanol–water partition coefficient (Wildman–Crippen LogP) is 2.98. The molecule has 0 aliphatic rings. The van der Waals surface area contributed by atoms with E-state index in [1.165, 1.54) is 0 Å². The molecule has 0 aliphatic carbocycles. The molecule has 2 aromatic heterocycles. The molecular formula is C19H22N4O2.